The first-order valence-corrected chi connectivity index (χ1v) is 8.30. The van der Waals surface area contributed by atoms with Gasteiger partial charge in [-0.15, -0.1) is 0 Å². The molecule has 1 N–H and O–H groups in total. The minimum Gasteiger partial charge on any atom is -0.364 e. The third-order valence-electron chi connectivity index (χ3n) is 5.14. The molecule has 2 fully saturated rings. The van der Waals surface area contributed by atoms with E-state index in [2.05, 4.69) is 21.9 Å². The topological polar surface area (TPSA) is 61.5 Å². The van der Waals surface area contributed by atoms with Crippen LogP contribution in [0.1, 0.15) is 12.2 Å². The van der Waals surface area contributed by atoms with E-state index in [0.29, 0.717) is 28.8 Å². The fraction of sp³-hybridized carbons (Fsp3) is 0.529. The Morgan fingerprint density at radius 2 is 2.33 bits per heavy atom. The zero-order chi connectivity index (χ0) is 16.7. The number of ether oxygens (including phenoxy) is 1. The highest BCUT2D eigenvalue weighted by atomic mass is 19.1. The van der Waals surface area contributed by atoms with E-state index in [0.717, 1.165) is 19.6 Å². The second-order valence-electron chi connectivity index (χ2n) is 6.73. The number of fused-ring (bicyclic) bond motifs is 2. The van der Waals surface area contributed by atoms with Crippen molar-refractivity contribution in [2.45, 2.75) is 19.1 Å². The smallest absolute Gasteiger partial charge is 0.248 e. The standard InChI is InChI=1S/C17H21FN4O2/c1-21-5-4-11-7-22(8-15(11)21)17(23)10-24-9-16-19-13-3-2-12(18)6-14(13)20-16/h2-3,6,11,15H,4-5,7-10H2,1H3,(H,19,20)/t11-,15+/m1/s1. The van der Waals surface area contributed by atoms with E-state index < -0.39 is 0 Å². The quantitative estimate of drug-likeness (QED) is 0.919. The van der Waals surface area contributed by atoms with Crippen molar-refractivity contribution in [1.82, 2.24) is 19.8 Å². The Kier molecular flexibility index (Phi) is 3.97. The first-order valence-electron chi connectivity index (χ1n) is 8.30. The number of H-pyrrole nitrogens is 1. The van der Waals surface area contributed by atoms with Crippen LogP contribution in [-0.2, 0) is 16.1 Å². The van der Waals surface area contributed by atoms with Gasteiger partial charge in [0.2, 0.25) is 5.91 Å². The molecule has 2 aromatic rings. The third kappa shape index (κ3) is 2.89. The Balaban J connectivity index is 1.30. The van der Waals surface area contributed by atoms with Crippen LogP contribution in [0.2, 0.25) is 0 Å². The van der Waals surface area contributed by atoms with Gasteiger partial charge in [0, 0.05) is 19.1 Å². The molecule has 1 aromatic heterocycles. The minimum absolute atomic E-state index is 0.0277. The summed E-state index contributed by atoms with van der Waals surface area (Å²) in [7, 11) is 2.12. The maximum Gasteiger partial charge on any atom is 0.248 e. The van der Waals surface area contributed by atoms with E-state index in [1.165, 1.54) is 18.6 Å². The minimum atomic E-state index is -0.307. The van der Waals surface area contributed by atoms with Crippen LogP contribution in [0.15, 0.2) is 18.2 Å². The third-order valence-corrected chi connectivity index (χ3v) is 5.14. The molecule has 4 rings (SSSR count). The first kappa shape index (κ1) is 15.5. The number of carbonyl (C=O) groups excluding carboxylic acids is 1. The van der Waals surface area contributed by atoms with Crippen LogP contribution in [-0.4, -0.2) is 65.0 Å². The molecule has 3 heterocycles. The van der Waals surface area contributed by atoms with Crippen LogP contribution in [0.5, 0.6) is 0 Å². The van der Waals surface area contributed by atoms with E-state index in [-0.39, 0.29) is 24.9 Å². The predicted octanol–water partition coefficient (Wildman–Crippen LogP) is 1.38. The largest absolute Gasteiger partial charge is 0.364 e. The number of hydrogen-bond acceptors (Lipinski definition) is 4. The molecule has 128 valence electrons. The number of likely N-dealkylation sites (N-methyl/N-ethyl adjacent to an activating group) is 1. The lowest BCUT2D eigenvalue weighted by Crippen LogP contribution is -2.36. The van der Waals surface area contributed by atoms with Gasteiger partial charge in [-0.3, -0.25) is 4.79 Å². The Bertz CT molecular complexity index is 762. The fourth-order valence-corrected chi connectivity index (χ4v) is 3.81. The van der Waals surface area contributed by atoms with Gasteiger partial charge < -0.3 is 19.5 Å². The Morgan fingerprint density at radius 1 is 1.46 bits per heavy atom. The monoisotopic (exact) mass is 332 g/mol. The molecule has 0 aliphatic carbocycles. The van der Waals surface area contributed by atoms with E-state index in [4.69, 9.17) is 4.74 Å². The van der Waals surface area contributed by atoms with Gasteiger partial charge in [0.1, 0.15) is 24.9 Å². The maximum atomic E-state index is 13.2. The number of halogens is 1. The number of aromatic nitrogens is 2. The predicted molar refractivity (Wildman–Crippen MR) is 86.8 cm³/mol. The lowest BCUT2D eigenvalue weighted by molar-refractivity contribution is -0.135. The summed E-state index contributed by atoms with van der Waals surface area (Å²) >= 11 is 0. The zero-order valence-corrected chi connectivity index (χ0v) is 13.7. The molecule has 1 amide bonds. The molecule has 6 nitrogen and oxygen atoms in total. The van der Waals surface area contributed by atoms with E-state index in [1.54, 1.807) is 6.07 Å². The van der Waals surface area contributed by atoms with Crippen LogP contribution in [0.3, 0.4) is 0 Å². The van der Waals surface area contributed by atoms with Crippen molar-refractivity contribution in [2.24, 2.45) is 5.92 Å². The van der Waals surface area contributed by atoms with Gasteiger partial charge in [-0.1, -0.05) is 0 Å². The molecule has 2 saturated heterocycles. The molecule has 2 atom stereocenters. The average molecular weight is 332 g/mol. The lowest BCUT2D eigenvalue weighted by atomic mass is 10.1. The number of amides is 1. The Labute approximate surface area is 139 Å². The fourth-order valence-electron chi connectivity index (χ4n) is 3.81. The van der Waals surface area contributed by atoms with Gasteiger partial charge in [0.05, 0.1) is 11.0 Å². The van der Waals surface area contributed by atoms with Crippen molar-refractivity contribution in [3.05, 3.63) is 29.8 Å². The highest BCUT2D eigenvalue weighted by Gasteiger charge is 2.40. The van der Waals surface area contributed by atoms with Crippen molar-refractivity contribution in [1.29, 1.82) is 0 Å². The van der Waals surface area contributed by atoms with Crippen molar-refractivity contribution in [2.75, 3.05) is 33.3 Å². The van der Waals surface area contributed by atoms with Gasteiger partial charge >= 0.3 is 0 Å². The number of likely N-dealkylation sites (tertiary alicyclic amines) is 2. The van der Waals surface area contributed by atoms with Gasteiger partial charge in [-0.05, 0) is 44.1 Å². The van der Waals surface area contributed by atoms with E-state index in [1.807, 2.05) is 4.90 Å². The molecule has 2 aliphatic heterocycles. The normalized spacial score (nSPS) is 24.0. The van der Waals surface area contributed by atoms with Crippen molar-refractivity contribution in [3.8, 4) is 0 Å². The number of benzene rings is 1. The van der Waals surface area contributed by atoms with E-state index >= 15 is 0 Å². The SMILES string of the molecule is CN1CC[C@@H]2CN(C(=O)COCc3nc4ccc(F)cc4[nH]3)C[C@@H]21. The number of rotatable bonds is 4. The lowest BCUT2D eigenvalue weighted by Gasteiger charge is -2.20. The molecule has 24 heavy (non-hydrogen) atoms. The summed E-state index contributed by atoms with van der Waals surface area (Å²) in [6.07, 6.45) is 1.17. The molecule has 7 heteroatoms. The van der Waals surface area contributed by atoms with Gasteiger partial charge in [-0.25, -0.2) is 9.37 Å². The van der Waals surface area contributed by atoms with Crippen LogP contribution >= 0.6 is 0 Å². The summed E-state index contributed by atoms with van der Waals surface area (Å²) in [5.41, 5.74) is 1.33. The Hall–Kier alpha value is -1.99. The molecular formula is C17H21FN4O2. The number of carbonyl (C=O) groups is 1. The second kappa shape index (κ2) is 6.14. The maximum absolute atomic E-state index is 13.2. The van der Waals surface area contributed by atoms with Gasteiger partial charge in [0.15, 0.2) is 0 Å². The van der Waals surface area contributed by atoms with Crippen LogP contribution in [0.4, 0.5) is 4.39 Å². The highest BCUT2D eigenvalue weighted by Crippen LogP contribution is 2.30. The number of nitrogens with zero attached hydrogens (tertiary/aromatic N) is 3. The first-order chi connectivity index (χ1) is 11.6. The molecule has 0 radical (unpaired) electrons. The summed E-state index contributed by atoms with van der Waals surface area (Å²) in [6.45, 7) is 3.02. The summed E-state index contributed by atoms with van der Waals surface area (Å²) < 4.78 is 18.7. The number of aromatic amines is 1. The van der Waals surface area contributed by atoms with E-state index in [9.17, 15) is 9.18 Å². The number of hydrogen-bond donors (Lipinski definition) is 1. The van der Waals surface area contributed by atoms with Crippen LogP contribution < -0.4 is 0 Å². The van der Waals surface area contributed by atoms with Crippen molar-refractivity contribution >= 4 is 16.9 Å². The Morgan fingerprint density at radius 3 is 3.17 bits per heavy atom. The van der Waals surface area contributed by atoms with Gasteiger partial charge in [-0.2, -0.15) is 0 Å². The number of nitrogens with one attached hydrogen (secondary N) is 1. The summed E-state index contributed by atoms with van der Waals surface area (Å²) in [5.74, 6) is 0.920. The molecule has 0 spiro atoms. The highest BCUT2D eigenvalue weighted by molar-refractivity contribution is 5.78. The second-order valence-corrected chi connectivity index (χ2v) is 6.73. The number of imidazole rings is 1. The summed E-state index contributed by atoms with van der Waals surface area (Å²) in [5, 5.41) is 0. The van der Waals surface area contributed by atoms with Crippen molar-refractivity contribution in [3.63, 3.8) is 0 Å². The summed E-state index contributed by atoms with van der Waals surface area (Å²) in [4.78, 5) is 23.9. The van der Waals surface area contributed by atoms with Crippen molar-refractivity contribution < 1.29 is 13.9 Å². The molecular weight excluding hydrogens is 311 g/mol. The molecule has 1 aromatic carbocycles. The van der Waals surface area contributed by atoms with Gasteiger partial charge in [0.25, 0.3) is 0 Å². The molecule has 0 saturated carbocycles. The zero-order valence-electron chi connectivity index (χ0n) is 13.7. The molecule has 0 bridgehead atoms. The molecule has 2 aliphatic rings. The van der Waals surface area contributed by atoms with Crippen LogP contribution in [0, 0.1) is 11.7 Å². The van der Waals surface area contributed by atoms with Crippen LogP contribution in [0.25, 0.3) is 11.0 Å². The average Bonchev–Trinajstić information content (AvgIpc) is 3.22. The summed E-state index contributed by atoms with van der Waals surface area (Å²) in [6, 6.07) is 4.89. The molecule has 0 unspecified atom stereocenters.